The van der Waals surface area contributed by atoms with Gasteiger partial charge >= 0.3 is 0 Å². The normalized spacial score (nSPS) is 10.9. The summed E-state index contributed by atoms with van der Waals surface area (Å²) in [4.78, 5) is 34.1. The second-order valence-electron chi connectivity index (χ2n) is 6.17. The van der Waals surface area contributed by atoms with Gasteiger partial charge in [0.05, 0.1) is 23.0 Å². The minimum atomic E-state index is -0.195. The van der Waals surface area contributed by atoms with Crippen LogP contribution < -0.4 is 10.9 Å². The molecule has 4 rings (SSSR count). The molecule has 0 bridgehead atoms. The molecular weight excluding hydrogens is 396 g/mol. The number of benzene rings is 2. The number of thiazole rings is 1. The predicted molar refractivity (Wildman–Crippen MR) is 112 cm³/mol. The van der Waals surface area contributed by atoms with Gasteiger partial charge in [0.1, 0.15) is 5.82 Å². The summed E-state index contributed by atoms with van der Waals surface area (Å²) >= 11 is 7.15. The molecule has 8 heteroatoms. The number of anilines is 1. The van der Waals surface area contributed by atoms with E-state index in [0.29, 0.717) is 38.3 Å². The first-order chi connectivity index (χ1) is 13.5. The van der Waals surface area contributed by atoms with Gasteiger partial charge in [0, 0.05) is 16.1 Å². The molecule has 0 atom stereocenters. The molecule has 0 fully saturated rings. The van der Waals surface area contributed by atoms with Crippen LogP contribution in [0, 0.1) is 6.92 Å². The molecule has 0 unspecified atom stereocenters. The van der Waals surface area contributed by atoms with Crippen molar-refractivity contribution in [3.05, 3.63) is 80.8 Å². The van der Waals surface area contributed by atoms with Gasteiger partial charge in [0.25, 0.3) is 5.56 Å². The molecule has 0 radical (unpaired) electrons. The monoisotopic (exact) mass is 410 g/mol. The summed E-state index contributed by atoms with van der Waals surface area (Å²) in [6.45, 7) is 1.77. The molecule has 2 heterocycles. The fraction of sp³-hybridized carbons (Fsp3) is 0.100. The summed E-state index contributed by atoms with van der Waals surface area (Å²) in [5.74, 6) is 0.357. The number of halogens is 1. The summed E-state index contributed by atoms with van der Waals surface area (Å²) in [7, 11) is 0. The van der Waals surface area contributed by atoms with E-state index in [1.54, 1.807) is 48.7 Å². The Morgan fingerprint density at radius 3 is 2.68 bits per heavy atom. The first-order valence-electron chi connectivity index (χ1n) is 8.50. The lowest BCUT2D eigenvalue weighted by Crippen LogP contribution is -2.22. The van der Waals surface area contributed by atoms with Crippen molar-refractivity contribution in [2.24, 2.45) is 0 Å². The molecule has 0 aliphatic heterocycles. The average Bonchev–Trinajstić information content (AvgIpc) is 3.11. The van der Waals surface area contributed by atoms with Gasteiger partial charge in [-0.3, -0.25) is 9.59 Å². The van der Waals surface area contributed by atoms with Gasteiger partial charge in [0.15, 0.2) is 5.13 Å². The van der Waals surface area contributed by atoms with Gasteiger partial charge in [-0.05, 0) is 43.3 Å². The Hall–Kier alpha value is -3.03. The van der Waals surface area contributed by atoms with E-state index in [2.05, 4.69) is 15.3 Å². The van der Waals surface area contributed by atoms with Gasteiger partial charge in [-0.15, -0.1) is 11.3 Å². The van der Waals surface area contributed by atoms with Crippen LogP contribution in [0.3, 0.4) is 0 Å². The number of rotatable bonds is 4. The molecular formula is C20H15ClN4O2S. The summed E-state index contributed by atoms with van der Waals surface area (Å²) in [6.07, 6.45) is 0.105. The van der Waals surface area contributed by atoms with Crippen LogP contribution in [0.5, 0.6) is 0 Å². The topological polar surface area (TPSA) is 76.9 Å². The largest absolute Gasteiger partial charge is 0.326 e. The predicted octanol–water partition coefficient (Wildman–Crippen LogP) is 3.99. The molecule has 4 aromatic rings. The Labute approximate surface area is 169 Å². The Balaban J connectivity index is 1.58. The average molecular weight is 411 g/mol. The highest BCUT2D eigenvalue weighted by molar-refractivity contribution is 7.12. The molecule has 2 aromatic heterocycles. The van der Waals surface area contributed by atoms with Gasteiger partial charge in [-0.1, -0.05) is 23.7 Å². The van der Waals surface area contributed by atoms with Gasteiger partial charge < -0.3 is 5.32 Å². The Morgan fingerprint density at radius 1 is 1.14 bits per heavy atom. The Kier molecular flexibility index (Phi) is 4.93. The fourth-order valence-electron chi connectivity index (χ4n) is 2.85. The maximum absolute atomic E-state index is 12.8. The zero-order valence-electron chi connectivity index (χ0n) is 14.8. The molecule has 0 saturated heterocycles. The highest BCUT2D eigenvalue weighted by Crippen LogP contribution is 2.18. The van der Waals surface area contributed by atoms with E-state index >= 15 is 0 Å². The molecule has 2 aromatic carbocycles. The lowest BCUT2D eigenvalue weighted by Gasteiger charge is -2.07. The molecule has 6 nitrogen and oxygen atoms in total. The third-order valence-electron chi connectivity index (χ3n) is 4.14. The minimum Gasteiger partial charge on any atom is -0.326 e. The first-order valence-corrected chi connectivity index (χ1v) is 9.75. The second kappa shape index (κ2) is 7.53. The molecule has 0 saturated carbocycles. The van der Waals surface area contributed by atoms with Crippen molar-refractivity contribution in [2.75, 3.05) is 5.32 Å². The number of carbonyl (C=O) groups excluding carboxylic acids is 1. The molecule has 28 heavy (non-hydrogen) atoms. The van der Waals surface area contributed by atoms with Crippen LogP contribution in [-0.4, -0.2) is 20.4 Å². The van der Waals surface area contributed by atoms with E-state index in [9.17, 15) is 9.59 Å². The van der Waals surface area contributed by atoms with E-state index in [-0.39, 0.29) is 17.9 Å². The number of aryl methyl sites for hydroxylation is 1. The van der Waals surface area contributed by atoms with Crippen molar-refractivity contribution in [3.8, 4) is 5.13 Å². The zero-order valence-corrected chi connectivity index (χ0v) is 16.4. The van der Waals surface area contributed by atoms with E-state index in [4.69, 9.17) is 11.6 Å². The highest BCUT2D eigenvalue weighted by atomic mass is 35.5. The van der Waals surface area contributed by atoms with Gasteiger partial charge in [-0.25, -0.2) is 14.5 Å². The lowest BCUT2D eigenvalue weighted by molar-refractivity contribution is -0.115. The smallest absolute Gasteiger partial charge is 0.267 e. The van der Waals surface area contributed by atoms with E-state index in [1.807, 2.05) is 12.1 Å². The van der Waals surface area contributed by atoms with Gasteiger partial charge in [0.2, 0.25) is 5.91 Å². The lowest BCUT2D eigenvalue weighted by atomic mass is 10.2. The van der Waals surface area contributed by atoms with Crippen molar-refractivity contribution < 1.29 is 4.79 Å². The summed E-state index contributed by atoms with van der Waals surface area (Å²) < 4.78 is 1.48. The number of para-hydroxylation sites is 1. The van der Waals surface area contributed by atoms with Crippen molar-refractivity contribution in [3.63, 3.8) is 0 Å². The quantitative estimate of drug-likeness (QED) is 0.552. The number of hydrogen-bond acceptors (Lipinski definition) is 5. The van der Waals surface area contributed by atoms with Crippen LogP contribution in [-0.2, 0) is 11.2 Å². The third kappa shape index (κ3) is 3.67. The number of fused-ring (bicyclic) bond motifs is 1. The first kappa shape index (κ1) is 18.3. The molecule has 140 valence electrons. The number of hydrogen-bond donors (Lipinski definition) is 1. The Morgan fingerprint density at radius 2 is 1.89 bits per heavy atom. The standard InChI is InChI=1S/C20H15ClN4O2S/c1-12-22-17-5-3-2-4-16(17)19(27)25(12)20-24-15(11-28-20)10-18(26)23-14-8-6-13(21)7-9-14/h2-9,11H,10H2,1H3,(H,23,26). The summed E-state index contributed by atoms with van der Waals surface area (Å²) in [6, 6.07) is 14.1. The zero-order chi connectivity index (χ0) is 19.7. The van der Waals surface area contributed by atoms with E-state index < -0.39 is 0 Å². The fourth-order valence-corrected chi connectivity index (χ4v) is 3.85. The minimum absolute atomic E-state index is 0.105. The van der Waals surface area contributed by atoms with Crippen LogP contribution in [0.15, 0.2) is 58.7 Å². The van der Waals surface area contributed by atoms with Crippen LogP contribution in [0.2, 0.25) is 5.02 Å². The second-order valence-corrected chi connectivity index (χ2v) is 7.44. The van der Waals surface area contributed by atoms with Crippen molar-refractivity contribution >= 4 is 45.4 Å². The van der Waals surface area contributed by atoms with Crippen LogP contribution in [0.1, 0.15) is 11.5 Å². The molecule has 1 N–H and O–H groups in total. The number of carbonyl (C=O) groups is 1. The van der Waals surface area contributed by atoms with Crippen LogP contribution in [0.4, 0.5) is 5.69 Å². The third-order valence-corrected chi connectivity index (χ3v) is 5.27. The summed E-state index contributed by atoms with van der Waals surface area (Å²) in [5.41, 5.74) is 1.73. The Bertz CT molecular complexity index is 1230. The van der Waals surface area contributed by atoms with E-state index in [1.165, 1.54) is 15.9 Å². The SMILES string of the molecule is Cc1nc2ccccc2c(=O)n1-c1nc(CC(=O)Nc2ccc(Cl)cc2)cs1. The van der Waals surface area contributed by atoms with Crippen molar-refractivity contribution in [1.82, 2.24) is 14.5 Å². The number of nitrogens with one attached hydrogen (secondary N) is 1. The summed E-state index contributed by atoms with van der Waals surface area (Å²) in [5, 5.41) is 6.21. The number of amides is 1. The van der Waals surface area contributed by atoms with Crippen LogP contribution >= 0.6 is 22.9 Å². The van der Waals surface area contributed by atoms with E-state index in [0.717, 1.165) is 0 Å². The molecule has 1 amide bonds. The maximum Gasteiger partial charge on any atom is 0.267 e. The highest BCUT2D eigenvalue weighted by Gasteiger charge is 2.14. The molecule has 0 spiro atoms. The maximum atomic E-state index is 12.8. The van der Waals surface area contributed by atoms with Gasteiger partial charge in [-0.2, -0.15) is 0 Å². The van der Waals surface area contributed by atoms with Crippen LogP contribution in [0.25, 0.3) is 16.0 Å². The number of nitrogens with zero attached hydrogens (tertiary/aromatic N) is 3. The van der Waals surface area contributed by atoms with Crippen molar-refractivity contribution in [2.45, 2.75) is 13.3 Å². The number of aromatic nitrogens is 3. The van der Waals surface area contributed by atoms with Crippen molar-refractivity contribution in [1.29, 1.82) is 0 Å². The molecule has 0 aliphatic carbocycles. The molecule has 0 aliphatic rings.